The summed E-state index contributed by atoms with van der Waals surface area (Å²) in [5.41, 5.74) is 0. The van der Waals surface area contributed by atoms with E-state index in [2.05, 4.69) is 74.6 Å². The van der Waals surface area contributed by atoms with E-state index in [0.717, 1.165) is 38.5 Å². The number of quaternary nitrogens is 1. The number of hydrogen-bond acceptors (Lipinski definition) is 8. The van der Waals surface area contributed by atoms with E-state index >= 15 is 0 Å². The second-order valence-electron chi connectivity index (χ2n) is 15.2. The van der Waals surface area contributed by atoms with Crippen molar-refractivity contribution in [3.8, 4) is 0 Å². The fraction of sp³-hybridized carbons (Fsp3) is 0.583. The quantitative estimate of drug-likeness (QED) is 0.0157. The minimum Gasteiger partial charge on any atom is -0.462 e. The molecule has 0 bridgehead atoms. The Morgan fingerprint density at radius 1 is 0.627 bits per heavy atom. The van der Waals surface area contributed by atoms with Crippen LogP contribution in [0.25, 0.3) is 0 Å². The average Bonchev–Trinajstić information content (AvgIpc) is 3.18. The first kappa shape index (κ1) is 55.6. The number of phosphoric acid groups is 1. The van der Waals surface area contributed by atoms with Gasteiger partial charge in [0.05, 0.1) is 33.9 Å². The molecule has 3 atom stereocenters. The van der Waals surface area contributed by atoms with Crippen molar-refractivity contribution in [1.82, 2.24) is 0 Å². The van der Waals surface area contributed by atoms with Gasteiger partial charge in [-0.05, 0) is 83.5 Å². The summed E-state index contributed by atoms with van der Waals surface area (Å²) in [6.45, 7) is 4.02. The summed E-state index contributed by atoms with van der Waals surface area (Å²) < 4.78 is 34.1. The third-order valence-electron chi connectivity index (χ3n) is 8.37. The van der Waals surface area contributed by atoms with E-state index in [9.17, 15) is 24.2 Å². The van der Waals surface area contributed by atoms with Crippen molar-refractivity contribution in [3.63, 3.8) is 0 Å². The molecule has 0 aliphatic heterocycles. The Labute approximate surface area is 358 Å². The molecular weight excluding hydrogens is 765 g/mol. The van der Waals surface area contributed by atoms with Crippen molar-refractivity contribution in [3.05, 3.63) is 109 Å². The van der Waals surface area contributed by atoms with E-state index in [1.807, 2.05) is 63.7 Å². The molecule has 0 radical (unpaired) electrons. The number of nitrogens with zero attached hydrogens (tertiary/aromatic N) is 1. The van der Waals surface area contributed by atoms with Crippen LogP contribution >= 0.6 is 7.82 Å². The molecule has 10 nitrogen and oxygen atoms in total. The van der Waals surface area contributed by atoms with Crippen LogP contribution in [0.3, 0.4) is 0 Å². The predicted molar refractivity (Wildman–Crippen MR) is 244 cm³/mol. The summed E-state index contributed by atoms with van der Waals surface area (Å²) in [7, 11) is 1.35. The number of hydrogen-bond donors (Lipinski definition) is 2. The lowest BCUT2D eigenvalue weighted by atomic mass is 10.2. The summed E-state index contributed by atoms with van der Waals surface area (Å²) in [4.78, 5) is 35.3. The van der Waals surface area contributed by atoms with Crippen LogP contribution in [-0.4, -0.2) is 86.1 Å². The summed E-state index contributed by atoms with van der Waals surface area (Å²) in [6.07, 6.45) is 48.9. The normalized spacial score (nSPS) is 15.2. The van der Waals surface area contributed by atoms with Gasteiger partial charge in [0.2, 0.25) is 0 Å². The highest BCUT2D eigenvalue weighted by molar-refractivity contribution is 7.47. The Balaban J connectivity index is 4.65. The van der Waals surface area contributed by atoms with Gasteiger partial charge >= 0.3 is 19.8 Å². The highest BCUT2D eigenvalue weighted by Crippen LogP contribution is 2.43. The smallest absolute Gasteiger partial charge is 0.462 e. The minimum atomic E-state index is -4.43. The lowest BCUT2D eigenvalue weighted by molar-refractivity contribution is -0.870. The van der Waals surface area contributed by atoms with Crippen molar-refractivity contribution in [2.24, 2.45) is 0 Å². The number of esters is 2. The molecule has 0 saturated carbocycles. The van der Waals surface area contributed by atoms with Gasteiger partial charge in [-0.15, -0.1) is 0 Å². The molecular formula is C48H79NO9P+. The zero-order valence-electron chi connectivity index (χ0n) is 37.0. The molecule has 0 spiro atoms. The van der Waals surface area contributed by atoms with Crippen LogP contribution in [0.1, 0.15) is 123 Å². The van der Waals surface area contributed by atoms with E-state index < -0.39 is 38.6 Å². The molecule has 0 amide bonds. The van der Waals surface area contributed by atoms with Gasteiger partial charge in [-0.3, -0.25) is 18.6 Å². The van der Waals surface area contributed by atoms with Gasteiger partial charge in [0.25, 0.3) is 0 Å². The van der Waals surface area contributed by atoms with Gasteiger partial charge in [0.15, 0.2) is 6.10 Å². The SMILES string of the molecule is CC/C=C\C/C=C\C/C=C\C/C=C\C/C=C\CCCC(=O)OC[C@H](COP(=O)(O)OCC[N+](C)(C)C)OC(=O)CCC/C=C/C/C=C\C[C@@H](O)/C=C\C=C/CCCCC. The molecule has 0 aliphatic carbocycles. The highest BCUT2D eigenvalue weighted by Gasteiger charge is 2.27. The Bertz CT molecular complexity index is 1380. The van der Waals surface area contributed by atoms with Gasteiger partial charge in [-0.25, -0.2) is 4.57 Å². The Morgan fingerprint density at radius 2 is 1.15 bits per heavy atom. The number of likely N-dealkylation sites (N-methyl/N-ethyl adjacent to an activating group) is 1. The number of ether oxygens (including phenoxy) is 2. The number of carbonyl (C=O) groups excluding carboxylic acids is 2. The van der Waals surface area contributed by atoms with Crippen LogP contribution in [0.4, 0.5) is 0 Å². The van der Waals surface area contributed by atoms with Crippen molar-refractivity contribution >= 4 is 19.8 Å². The first-order valence-electron chi connectivity index (χ1n) is 21.7. The Hall–Kier alpha value is -3.37. The Morgan fingerprint density at radius 3 is 1.71 bits per heavy atom. The van der Waals surface area contributed by atoms with Gasteiger partial charge in [-0.1, -0.05) is 136 Å². The fourth-order valence-corrected chi connectivity index (χ4v) is 5.68. The van der Waals surface area contributed by atoms with Crippen LogP contribution in [0.5, 0.6) is 0 Å². The second-order valence-corrected chi connectivity index (χ2v) is 16.6. The number of phosphoric ester groups is 1. The molecule has 0 saturated heterocycles. The lowest BCUT2D eigenvalue weighted by Gasteiger charge is -2.24. The summed E-state index contributed by atoms with van der Waals surface area (Å²) in [6, 6.07) is 0. The highest BCUT2D eigenvalue weighted by atomic mass is 31.2. The maximum Gasteiger partial charge on any atom is 0.472 e. The minimum absolute atomic E-state index is 0.00562. The molecule has 0 fully saturated rings. The van der Waals surface area contributed by atoms with Gasteiger partial charge in [0.1, 0.15) is 19.8 Å². The van der Waals surface area contributed by atoms with Gasteiger partial charge < -0.3 is 24.0 Å². The molecule has 1 unspecified atom stereocenters. The largest absolute Gasteiger partial charge is 0.472 e. The van der Waals surface area contributed by atoms with Crippen LogP contribution in [0.2, 0.25) is 0 Å². The zero-order chi connectivity index (χ0) is 43.7. The molecule has 0 rings (SSSR count). The van der Waals surface area contributed by atoms with Crippen molar-refractivity contribution in [2.75, 3.05) is 47.5 Å². The summed E-state index contributed by atoms with van der Waals surface area (Å²) in [5, 5.41) is 10.1. The van der Waals surface area contributed by atoms with Crippen LogP contribution in [0.15, 0.2) is 109 Å². The average molecular weight is 845 g/mol. The zero-order valence-corrected chi connectivity index (χ0v) is 37.9. The maximum atomic E-state index is 12.7. The van der Waals surface area contributed by atoms with Crippen molar-refractivity contribution < 1.29 is 47.2 Å². The number of carbonyl (C=O) groups is 2. The molecule has 0 aromatic heterocycles. The summed E-state index contributed by atoms with van der Waals surface area (Å²) in [5.74, 6) is -0.988. The van der Waals surface area contributed by atoms with Gasteiger partial charge in [-0.2, -0.15) is 0 Å². The predicted octanol–water partition coefficient (Wildman–Crippen LogP) is 11.3. The van der Waals surface area contributed by atoms with E-state index in [4.69, 9.17) is 18.5 Å². The molecule has 0 aromatic rings. The molecule has 11 heteroatoms. The first-order chi connectivity index (χ1) is 28.4. The third kappa shape index (κ3) is 42.6. The number of aliphatic hydroxyl groups excluding tert-OH is 1. The fourth-order valence-electron chi connectivity index (χ4n) is 4.94. The maximum absolute atomic E-state index is 12.7. The van der Waals surface area contributed by atoms with E-state index in [1.165, 1.54) is 19.3 Å². The van der Waals surface area contributed by atoms with Gasteiger partial charge in [0, 0.05) is 12.8 Å². The molecule has 2 N–H and O–H groups in total. The lowest BCUT2D eigenvalue weighted by Crippen LogP contribution is -2.37. The molecule has 0 aromatic carbocycles. The number of unbranched alkanes of at least 4 members (excludes halogenated alkanes) is 5. The van der Waals surface area contributed by atoms with E-state index in [-0.39, 0.29) is 26.1 Å². The van der Waals surface area contributed by atoms with Crippen molar-refractivity contribution in [1.29, 1.82) is 0 Å². The standard InChI is InChI=1S/C48H78NO9P/c1-6-8-10-12-14-15-16-17-18-19-20-21-22-23-27-31-35-39-47(51)55-43-46(44-57-59(53,54)56-42-41-49(3,4)5)58-48(52)40-36-32-28-24-26-30-34-38-45(50)37-33-29-25-13-11-9-7-2/h8,10,14-15,17-18,20-21,23-25,27-30,33-34,37,45-46,50H,6-7,9,11-13,16,19,22,26,31-32,35-36,38-44H2,1-5H3/p+1/b10-8-,15-14-,18-17-,21-20-,27-23-,28-24+,29-25-,34-30-,37-33-/t45-,46+/m0/s1. The second kappa shape index (κ2) is 38.8. The molecule has 334 valence electrons. The van der Waals surface area contributed by atoms with Crippen LogP contribution in [0, 0.1) is 0 Å². The third-order valence-corrected chi connectivity index (χ3v) is 9.35. The first-order valence-corrected chi connectivity index (χ1v) is 23.2. The molecule has 59 heavy (non-hydrogen) atoms. The van der Waals surface area contributed by atoms with Crippen LogP contribution in [-0.2, 0) is 32.7 Å². The molecule has 0 aliphatic rings. The monoisotopic (exact) mass is 845 g/mol. The Kier molecular flexibility index (Phi) is 36.6. The molecule has 0 heterocycles. The number of rotatable bonds is 37. The summed E-state index contributed by atoms with van der Waals surface area (Å²) >= 11 is 0. The van der Waals surface area contributed by atoms with E-state index in [1.54, 1.807) is 6.08 Å². The topological polar surface area (TPSA) is 129 Å². The van der Waals surface area contributed by atoms with E-state index in [0.29, 0.717) is 49.6 Å². The van der Waals surface area contributed by atoms with Crippen molar-refractivity contribution in [2.45, 2.75) is 135 Å². The number of aliphatic hydroxyl groups is 1. The number of allylic oxidation sites excluding steroid dienone is 16. The van der Waals surface area contributed by atoms with Crippen LogP contribution < -0.4 is 0 Å².